The molecule has 2 unspecified atom stereocenters. The van der Waals surface area contributed by atoms with Gasteiger partial charge in [0.1, 0.15) is 5.82 Å². The third-order valence-electron chi connectivity index (χ3n) is 7.00. The second-order valence-electron chi connectivity index (χ2n) is 8.49. The minimum absolute atomic E-state index is 0.130. The summed E-state index contributed by atoms with van der Waals surface area (Å²) in [5.74, 6) is 4.23. The molecule has 1 aromatic carbocycles. The highest BCUT2D eigenvalue weighted by Gasteiger charge is 2.51. The molecule has 1 N–H and O–H groups in total. The van der Waals surface area contributed by atoms with Gasteiger partial charge in [0.2, 0.25) is 5.91 Å². The van der Waals surface area contributed by atoms with Crippen LogP contribution in [0.2, 0.25) is 0 Å². The zero-order valence-electron chi connectivity index (χ0n) is 18.3. The van der Waals surface area contributed by atoms with Gasteiger partial charge < -0.3 is 19.4 Å². The molecule has 1 amide bonds. The molecule has 0 bridgehead atoms. The summed E-state index contributed by atoms with van der Waals surface area (Å²) in [6.45, 7) is 2.76. The van der Waals surface area contributed by atoms with Crippen molar-refractivity contribution in [3.63, 3.8) is 0 Å². The van der Waals surface area contributed by atoms with E-state index in [4.69, 9.17) is 9.47 Å². The molecular formula is C24H33N3O3. The van der Waals surface area contributed by atoms with Crippen molar-refractivity contribution >= 4 is 5.91 Å². The van der Waals surface area contributed by atoms with E-state index in [1.54, 1.807) is 14.2 Å². The summed E-state index contributed by atoms with van der Waals surface area (Å²) < 4.78 is 13.0. The van der Waals surface area contributed by atoms with E-state index in [9.17, 15) is 4.79 Å². The summed E-state index contributed by atoms with van der Waals surface area (Å²) in [4.78, 5) is 17.2. The average molecular weight is 412 g/mol. The molecule has 0 spiro atoms. The van der Waals surface area contributed by atoms with Crippen LogP contribution in [0.1, 0.15) is 56.3 Å². The van der Waals surface area contributed by atoms with Crippen molar-refractivity contribution in [1.29, 1.82) is 0 Å². The molecule has 2 aromatic rings. The first-order valence-corrected chi connectivity index (χ1v) is 11.2. The number of amides is 1. The van der Waals surface area contributed by atoms with E-state index in [0.717, 1.165) is 23.7 Å². The van der Waals surface area contributed by atoms with E-state index in [-0.39, 0.29) is 11.9 Å². The van der Waals surface area contributed by atoms with Crippen molar-refractivity contribution < 1.29 is 14.3 Å². The predicted octanol–water partition coefficient (Wildman–Crippen LogP) is 3.94. The number of nitrogens with one attached hydrogen (secondary N) is 1. The van der Waals surface area contributed by atoms with Crippen LogP contribution in [0, 0.1) is 11.8 Å². The van der Waals surface area contributed by atoms with Gasteiger partial charge in [-0.15, -0.1) is 0 Å². The Morgan fingerprint density at radius 3 is 2.67 bits per heavy atom. The van der Waals surface area contributed by atoms with Crippen molar-refractivity contribution in [2.24, 2.45) is 11.8 Å². The van der Waals surface area contributed by atoms with Gasteiger partial charge in [-0.3, -0.25) is 4.79 Å². The SMILES string of the molecule is CCc1nccn1CCC(=O)N[C@H]1C2CCCCC2[C@@H]1c1ccc(OC)c(OC)c1. The zero-order valence-corrected chi connectivity index (χ0v) is 18.3. The number of aromatic nitrogens is 2. The number of imidazole rings is 1. The van der Waals surface area contributed by atoms with E-state index in [1.165, 1.54) is 31.2 Å². The average Bonchev–Trinajstić information content (AvgIpc) is 3.24. The fraction of sp³-hybridized carbons (Fsp3) is 0.583. The van der Waals surface area contributed by atoms with Gasteiger partial charge in [0, 0.05) is 43.7 Å². The molecule has 1 heterocycles. The standard InChI is InChI=1S/C24H33N3O3/c1-4-21-25-12-14-27(21)13-11-22(28)26-24-18-8-6-5-7-17(18)23(24)16-9-10-19(29-2)20(15-16)30-3/h9-10,12,14-15,17-18,23-24H,4-8,11,13H2,1-3H3,(H,26,28)/t17?,18?,23-,24-/m0/s1. The fourth-order valence-electron chi connectivity index (χ4n) is 5.52. The highest BCUT2D eigenvalue weighted by molar-refractivity contribution is 5.76. The lowest BCUT2D eigenvalue weighted by atomic mass is 9.53. The highest BCUT2D eigenvalue weighted by Crippen LogP contribution is 2.55. The van der Waals surface area contributed by atoms with Gasteiger partial charge in [-0.25, -0.2) is 4.98 Å². The fourth-order valence-corrected chi connectivity index (χ4v) is 5.52. The van der Waals surface area contributed by atoms with Crippen molar-refractivity contribution in [2.75, 3.05) is 14.2 Å². The molecule has 2 aliphatic rings. The number of carbonyl (C=O) groups excluding carboxylic acids is 1. The quantitative estimate of drug-likeness (QED) is 0.715. The molecule has 2 fully saturated rings. The summed E-state index contributed by atoms with van der Waals surface area (Å²) in [6, 6.07) is 6.41. The van der Waals surface area contributed by atoms with E-state index in [2.05, 4.69) is 33.9 Å². The van der Waals surface area contributed by atoms with E-state index in [0.29, 0.717) is 30.7 Å². The van der Waals surface area contributed by atoms with E-state index in [1.807, 2.05) is 18.5 Å². The van der Waals surface area contributed by atoms with Crippen LogP contribution in [0.3, 0.4) is 0 Å². The number of methoxy groups -OCH3 is 2. The molecule has 0 aliphatic heterocycles. The van der Waals surface area contributed by atoms with Gasteiger partial charge in [0.25, 0.3) is 0 Å². The third kappa shape index (κ3) is 3.92. The minimum atomic E-state index is 0.130. The lowest BCUT2D eigenvalue weighted by Gasteiger charge is -2.55. The van der Waals surface area contributed by atoms with Crippen LogP contribution < -0.4 is 14.8 Å². The van der Waals surface area contributed by atoms with Gasteiger partial charge in [-0.1, -0.05) is 25.8 Å². The highest BCUT2D eigenvalue weighted by atomic mass is 16.5. The molecule has 0 saturated heterocycles. The van der Waals surface area contributed by atoms with E-state index >= 15 is 0 Å². The molecule has 0 radical (unpaired) electrons. The van der Waals surface area contributed by atoms with Crippen molar-refractivity contribution in [3.05, 3.63) is 42.0 Å². The normalized spacial score (nSPS) is 25.2. The molecule has 162 valence electrons. The summed E-state index contributed by atoms with van der Waals surface area (Å²) in [6.07, 6.45) is 10.1. The number of rotatable bonds is 8. The minimum Gasteiger partial charge on any atom is -0.493 e. The van der Waals surface area contributed by atoms with Crippen LogP contribution in [0.4, 0.5) is 0 Å². The molecule has 6 nitrogen and oxygen atoms in total. The van der Waals surface area contributed by atoms with Gasteiger partial charge >= 0.3 is 0 Å². The summed E-state index contributed by atoms with van der Waals surface area (Å²) in [5, 5.41) is 3.39. The predicted molar refractivity (Wildman–Crippen MR) is 116 cm³/mol. The monoisotopic (exact) mass is 411 g/mol. The van der Waals surface area contributed by atoms with Crippen LogP contribution in [0.15, 0.2) is 30.6 Å². The maximum absolute atomic E-state index is 12.8. The molecular weight excluding hydrogens is 378 g/mol. The van der Waals surface area contributed by atoms with Crippen LogP contribution in [0.25, 0.3) is 0 Å². The van der Waals surface area contributed by atoms with Crippen LogP contribution >= 0.6 is 0 Å². The molecule has 6 heteroatoms. The largest absolute Gasteiger partial charge is 0.493 e. The van der Waals surface area contributed by atoms with Crippen molar-refractivity contribution in [1.82, 2.24) is 14.9 Å². The number of aryl methyl sites for hydroxylation is 2. The molecule has 1 aromatic heterocycles. The number of hydrogen-bond acceptors (Lipinski definition) is 4. The van der Waals surface area contributed by atoms with Gasteiger partial charge in [0.05, 0.1) is 14.2 Å². The smallest absolute Gasteiger partial charge is 0.222 e. The lowest BCUT2D eigenvalue weighted by molar-refractivity contribution is -0.125. The molecule has 2 aliphatic carbocycles. The molecule has 30 heavy (non-hydrogen) atoms. The first-order chi connectivity index (χ1) is 14.7. The molecule has 4 rings (SSSR count). The van der Waals surface area contributed by atoms with Crippen molar-refractivity contribution in [2.45, 2.75) is 64.0 Å². The maximum Gasteiger partial charge on any atom is 0.222 e. The lowest BCUT2D eigenvalue weighted by Crippen LogP contribution is -2.59. The molecule has 2 saturated carbocycles. The van der Waals surface area contributed by atoms with Crippen LogP contribution in [-0.2, 0) is 17.8 Å². The Balaban J connectivity index is 1.47. The Morgan fingerprint density at radius 2 is 1.93 bits per heavy atom. The van der Waals surface area contributed by atoms with E-state index < -0.39 is 0 Å². The number of carbonyl (C=O) groups is 1. The van der Waals surface area contributed by atoms with Gasteiger partial charge in [-0.05, 0) is 42.4 Å². The van der Waals surface area contributed by atoms with Crippen LogP contribution in [-0.4, -0.2) is 35.7 Å². The second kappa shape index (κ2) is 9.11. The number of nitrogens with zero attached hydrogens (tertiary/aromatic N) is 2. The number of fused-ring (bicyclic) bond motifs is 1. The summed E-state index contributed by atoms with van der Waals surface area (Å²) in [5.41, 5.74) is 1.24. The van der Waals surface area contributed by atoms with Gasteiger partial charge in [-0.2, -0.15) is 0 Å². The first kappa shape index (κ1) is 20.8. The number of benzene rings is 1. The topological polar surface area (TPSA) is 65.4 Å². The third-order valence-corrected chi connectivity index (χ3v) is 7.00. The first-order valence-electron chi connectivity index (χ1n) is 11.2. The maximum atomic E-state index is 12.8. The summed E-state index contributed by atoms with van der Waals surface area (Å²) >= 11 is 0. The zero-order chi connectivity index (χ0) is 21.1. The molecule has 4 atom stereocenters. The Hall–Kier alpha value is -2.50. The summed E-state index contributed by atoms with van der Waals surface area (Å²) in [7, 11) is 3.33. The Labute approximate surface area is 179 Å². The van der Waals surface area contributed by atoms with Gasteiger partial charge in [0.15, 0.2) is 11.5 Å². The Morgan fingerprint density at radius 1 is 1.17 bits per heavy atom. The number of ether oxygens (including phenoxy) is 2. The Bertz CT molecular complexity index is 878. The van der Waals surface area contributed by atoms with Crippen molar-refractivity contribution in [3.8, 4) is 11.5 Å². The second-order valence-corrected chi connectivity index (χ2v) is 8.49. The number of hydrogen-bond donors (Lipinski definition) is 1. The Kier molecular flexibility index (Phi) is 6.30. The van der Waals surface area contributed by atoms with Crippen LogP contribution in [0.5, 0.6) is 11.5 Å².